The maximum absolute atomic E-state index is 11.8. The van der Waals surface area contributed by atoms with Crippen molar-refractivity contribution in [2.45, 2.75) is 91.6 Å². The molecule has 0 radical (unpaired) electrons. The van der Waals surface area contributed by atoms with Gasteiger partial charge in [0.2, 0.25) is 5.91 Å². The molecule has 0 atom stereocenters. The zero-order valence-electron chi connectivity index (χ0n) is 15.0. The molecule has 0 aliphatic heterocycles. The van der Waals surface area contributed by atoms with Gasteiger partial charge in [-0.25, -0.2) is 0 Å². The Labute approximate surface area is 131 Å². The Hall–Kier alpha value is -0.570. The molecule has 1 saturated carbocycles. The molecule has 21 heavy (non-hydrogen) atoms. The minimum atomic E-state index is -0.124. The number of amides is 1. The van der Waals surface area contributed by atoms with Crippen LogP contribution in [0.1, 0.15) is 80.1 Å². The van der Waals surface area contributed by atoms with Gasteiger partial charge in [-0.1, -0.05) is 27.2 Å². The standard InChI is InChI=1S/C18H36N2O/c1-7-18(5,6)14-8-10-15(11-9-14)19-13-12-16(21)20-17(2,3)4/h14-15,19H,7-13H2,1-6H3,(H,20,21). The van der Waals surface area contributed by atoms with E-state index >= 15 is 0 Å². The van der Waals surface area contributed by atoms with Gasteiger partial charge in [0, 0.05) is 24.5 Å². The second kappa shape index (κ2) is 7.62. The molecule has 3 nitrogen and oxygen atoms in total. The molecule has 3 heteroatoms. The Bertz CT molecular complexity index is 323. The monoisotopic (exact) mass is 296 g/mol. The van der Waals surface area contributed by atoms with Gasteiger partial charge in [0.05, 0.1) is 0 Å². The third-order valence-corrected chi connectivity index (χ3v) is 5.04. The summed E-state index contributed by atoms with van der Waals surface area (Å²) < 4.78 is 0. The summed E-state index contributed by atoms with van der Waals surface area (Å²) in [4.78, 5) is 11.8. The van der Waals surface area contributed by atoms with E-state index in [0.29, 0.717) is 17.9 Å². The van der Waals surface area contributed by atoms with Crippen LogP contribution in [0, 0.1) is 11.3 Å². The van der Waals surface area contributed by atoms with Gasteiger partial charge in [-0.05, 0) is 57.8 Å². The Kier molecular flexibility index (Phi) is 6.71. The van der Waals surface area contributed by atoms with Crippen molar-refractivity contribution in [3.63, 3.8) is 0 Å². The Morgan fingerprint density at radius 1 is 1.05 bits per heavy atom. The average molecular weight is 296 g/mol. The lowest BCUT2D eigenvalue weighted by Gasteiger charge is -2.39. The molecule has 0 aromatic rings. The molecular weight excluding hydrogens is 260 g/mol. The molecule has 1 rings (SSSR count). The lowest BCUT2D eigenvalue weighted by atomic mass is 9.69. The van der Waals surface area contributed by atoms with Crippen LogP contribution in [0.4, 0.5) is 0 Å². The molecule has 0 spiro atoms. The summed E-state index contributed by atoms with van der Waals surface area (Å²) in [5.74, 6) is 1.01. The van der Waals surface area contributed by atoms with E-state index in [1.807, 2.05) is 20.8 Å². The summed E-state index contributed by atoms with van der Waals surface area (Å²) in [6, 6.07) is 0.608. The fourth-order valence-corrected chi connectivity index (χ4v) is 3.24. The van der Waals surface area contributed by atoms with Gasteiger partial charge in [-0.2, -0.15) is 0 Å². The van der Waals surface area contributed by atoms with Crippen molar-refractivity contribution in [3.8, 4) is 0 Å². The molecule has 0 aromatic carbocycles. The van der Waals surface area contributed by atoms with E-state index < -0.39 is 0 Å². The zero-order chi connectivity index (χ0) is 16.1. The number of rotatable bonds is 6. The van der Waals surface area contributed by atoms with E-state index in [0.717, 1.165) is 12.5 Å². The van der Waals surface area contributed by atoms with Crippen molar-refractivity contribution in [1.29, 1.82) is 0 Å². The first kappa shape index (κ1) is 18.5. The highest BCUT2D eigenvalue weighted by Gasteiger charge is 2.31. The van der Waals surface area contributed by atoms with Gasteiger partial charge in [-0.3, -0.25) is 4.79 Å². The van der Waals surface area contributed by atoms with Crippen LogP contribution in [0.5, 0.6) is 0 Å². The number of hydrogen-bond acceptors (Lipinski definition) is 2. The average Bonchev–Trinajstić information content (AvgIpc) is 2.37. The first-order chi connectivity index (χ1) is 9.64. The third kappa shape index (κ3) is 6.82. The van der Waals surface area contributed by atoms with Crippen LogP contribution >= 0.6 is 0 Å². The van der Waals surface area contributed by atoms with Crippen LogP contribution in [0.25, 0.3) is 0 Å². The number of carbonyl (C=O) groups is 1. The highest BCUT2D eigenvalue weighted by Crippen LogP contribution is 2.40. The molecule has 1 amide bonds. The van der Waals surface area contributed by atoms with Crippen LogP contribution in [-0.2, 0) is 4.79 Å². The largest absolute Gasteiger partial charge is 0.351 e. The van der Waals surface area contributed by atoms with Gasteiger partial charge in [-0.15, -0.1) is 0 Å². The predicted octanol–water partition coefficient (Wildman–Crippen LogP) is 3.88. The van der Waals surface area contributed by atoms with E-state index in [-0.39, 0.29) is 11.4 Å². The number of carbonyl (C=O) groups excluding carboxylic acids is 1. The second-order valence-electron chi connectivity index (χ2n) is 8.39. The molecular formula is C18H36N2O. The molecule has 0 unspecified atom stereocenters. The van der Waals surface area contributed by atoms with Crippen molar-refractivity contribution < 1.29 is 4.79 Å². The van der Waals surface area contributed by atoms with Gasteiger partial charge >= 0.3 is 0 Å². The lowest BCUT2D eigenvalue weighted by Crippen LogP contribution is -2.43. The molecule has 2 N–H and O–H groups in total. The molecule has 1 fully saturated rings. The maximum Gasteiger partial charge on any atom is 0.221 e. The van der Waals surface area contributed by atoms with Crippen molar-refractivity contribution in [2.24, 2.45) is 11.3 Å². The second-order valence-corrected chi connectivity index (χ2v) is 8.39. The Morgan fingerprint density at radius 2 is 1.62 bits per heavy atom. The zero-order valence-corrected chi connectivity index (χ0v) is 15.0. The topological polar surface area (TPSA) is 41.1 Å². The third-order valence-electron chi connectivity index (χ3n) is 5.04. The molecule has 0 heterocycles. The normalized spacial score (nSPS) is 23.9. The number of nitrogens with one attached hydrogen (secondary N) is 2. The van der Waals surface area contributed by atoms with Crippen LogP contribution in [0.15, 0.2) is 0 Å². The van der Waals surface area contributed by atoms with Gasteiger partial charge < -0.3 is 10.6 Å². The SMILES string of the molecule is CCC(C)(C)C1CCC(NCCC(=O)NC(C)(C)C)CC1. The summed E-state index contributed by atoms with van der Waals surface area (Å²) in [7, 11) is 0. The molecule has 0 bridgehead atoms. The van der Waals surface area contributed by atoms with Crippen molar-refractivity contribution in [3.05, 3.63) is 0 Å². The minimum absolute atomic E-state index is 0.124. The lowest BCUT2D eigenvalue weighted by molar-refractivity contribution is -0.122. The Balaban J connectivity index is 2.21. The Morgan fingerprint density at radius 3 is 2.10 bits per heavy atom. The van der Waals surface area contributed by atoms with Crippen LogP contribution in [0.3, 0.4) is 0 Å². The summed E-state index contributed by atoms with van der Waals surface area (Å²) in [6.45, 7) is 14.0. The van der Waals surface area contributed by atoms with Crippen LogP contribution in [0.2, 0.25) is 0 Å². The predicted molar refractivity (Wildman–Crippen MR) is 90.3 cm³/mol. The van der Waals surface area contributed by atoms with E-state index in [2.05, 4.69) is 31.4 Å². The smallest absolute Gasteiger partial charge is 0.221 e. The fraction of sp³-hybridized carbons (Fsp3) is 0.944. The van der Waals surface area contributed by atoms with Crippen molar-refractivity contribution in [2.75, 3.05) is 6.54 Å². The molecule has 1 aliphatic rings. The van der Waals surface area contributed by atoms with Crippen LogP contribution < -0.4 is 10.6 Å². The molecule has 124 valence electrons. The first-order valence-corrected chi connectivity index (χ1v) is 8.68. The van der Waals surface area contributed by atoms with Crippen LogP contribution in [-0.4, -0.2) is 24.0 Å². The molecule has 0 saturated heterocycles. The highest BCUT2D eigenvalue weighted by atomic mass is 16.1. The number of hydrogen-bond donors (Lipinski definition) is 2. The van der Waals surface area contributed by atoms with Gasteiger partial charge in [0.15, 0.2) is 0 Å². The van der Waals surface area contributed by atoms with E-state index in [4.69, 9.17) is 0 Å². The summed E-state index contributed by atoms with van der Waals surface area (Å²) in [5, 5.41) is 6.58. The summed E-state index contributed by atoms with van der Waals surface area (Å²) in [5.41, 5.74) is 0.360. The van der Waals surface area contributed by atoms with E-state index in [1.165, 1.54) is 32.1 Å². The molecule has 0 aromatic heterocycles. The maximum atomic E-state index is 11.8. The van der Waals surface area contributed by atoms with Gasteiger partial charge in [0.25, 0.3) is 0 Å². The fourth-order valence-electron chi connectivity index (χ4n) is 3.24. The van der Waals surface area contributed by atoms with Crippen molar-refractivity contribution in [1.82, 2.24) is 10.6 Å². The van der Waals surface area contributed by atoms with E-state index in [9.17, 15) is 4.79 Å². The van der Waals surface area contributed by atoms with E-state index in [1.54, 1.807) is 0 Å². The minimum Gasteiger partial charge on any atom is -0.351 e. The summed E-state index contributed by atoms with van der Waals surface area (Å²) >= 11 is 0. The summed E-state index contributed by atoms with van der Waals surface area (Å²) in [6.07, 6.45) is 7.02. The quantitative estimate of drug-likeness (QED) is 0.781. The highest BCUT2D eigenvalue weighted by molar-refractivity contribution is 5.76. The molecule has 1 aliphatic carbocycles. The van der Waals surface area contributed by atoms with Crippen molar-refractivity contribution >= 4 is 5.91 Å². The first-order valence-electron chi connectivity index (χ1n) is 8.68. The van der Waals surface area contributed by atoms with Gasteiger partial charge in [0.1, 0.15) is 0 Å².